The number of benzene rings is 2. The maximum Gasteiger partial charge on any atom is 0.255 e. The van der Waals surface area contributed by atoms with Crippen molar-refractivity contribution in [2.45, 2.75) is 51.7 Å². The van der Waals surface area contributed by atoms with Gasteiger partial charge in [0.25, 0.3) is 5.91 Å². The molecule has 216 valence electrons. The van der Waals surface area contributed by atoms with Gasteiger partial charge in [-0.05, 0) is 55.7 Å². The summed E-state index contributed by atoms with van der Waals surface area (Å²) in [4.78, 5) is 52.0. The molecule has 0 saturated heterocycles. The average molecular weight is 555 g/mol. The first-order valence-electron chi connectivity index (χ1n) is 13.3. The standard InChI is InChI=1S/C29H38N4O7/c1-18(2)26-29(37)31-19(3)17-40-24-8-6-5-7-22(24)27(35)32-23(13-14-25(34)33-26)28(36)30-15-16-39-21-11-9-20(38-4)10-12-21/h5-12,18-19,23,26H,13-17H2,1-4H3,(H,30,36)(H,31,37)(H,32,35)(H,33,34)/t19-,23-,26+/m0/s1. The molecule has 1 aliphatic heterocycles. The van der Waals surface area contributed by atoms with E-state index in [-0.39, 0.29) is 56.0 Å². The highest BCUT2D eigenvalue weighted by molar-refractivity contribution is 5.99. The average Bonchev–Trinajstić information content (AvgIpc) is 2.94. The number of amides is 4. The van der Waals surface area contributed by atoms with E-state index in [1.165, 1.54) is 0 Å². The molecule has 0 aliphatic carbocycles. The molecule has 0 saturated carbocycles. The number of fused-ring (bicyclic) bond motifs is 1. The zero-order chi connectivity index (χ0) is 29.1. The zero-order valence-electron chi connectivity index (χ0n) is 23.3. The molecule has 3 atom stereocenters. The van der Waals surface area contributed by atoms with E-state index < -0.39 is 29.8 Å². The van der Waals surface area contributed by atoms with E-state index in [4.69, 9.17) is 14.2 Å². The van der Waals surface area contributed by atoms with Gasteiger partial charge in [-0.2, -0.15) is 0 Å². The van der Waals surface area contributed by atoms with Crippen LogP contribution >= 0.6 is 0 Å². The molecule has 2 aromatic carbocycles. The van der Waals surface area contributed by atoms with Crippen molar-refractivity contribution in [2.75, 3.05) is 26.9 Å². The third-order valence-electron chi connectivity index (χ3n) is 6.29. The van der Waals surface area contributed by atoms with Gasteiger partial charge in [0, 0.05) is 6.42 Å². The van der Waals surface area contributed by atoms with Crippen LogP contribution in [0.1, 0.15) is 44.0 Å². The fourth-order valence-corrected chi connectivity index (χ4v) is 4.07. The van der Waals surface area contributed by atoms with Gasteiger partial charge in [0.2, 0.25) is 17.7 Å². The molecular formula is C29H38N4O7. The fourth-order valence-electron chi connectivity index (χ4n) is 4.07. The third kappa shape index (κ3) is 8.89. The van der Waals surface area contributed by atoms with Crippen LogP contribution in [0.5, 0.6) is 17.2 Å². The van der Waals surface area contributed by atoms with Gasteiger partial charge in [-0.25, -0.2) is 0 Å². The van der Waals surface area contributed by atoms with E-state index in [0.717, 1.165) is 0 Å². The molecule has 0 radical (unpaired) electrons. The van der Waals surface area contributed by atoms with Crippen LogP contribution in [0, 0.1) is 5.92 Å². The van der Waals surface area contributed by atoms with E-state index in [2.05, 4.69) is 21.3 Å². The molecule has 11 heteroatoms. The lowest BCUT2D eigenvalue weighted by atomic mass is 10.0. The number of rotatable bonds is 7. The Hall–Kier alpha value is -4.28. The van der Waals surface area contributed by atoms with Crippen molar-refractivity contribution in [3.05, 3.63) is 54.1 Å². The second-order valence-electron chi connectivity index (χ2n) is 9.89. The van der Waals surface area contributed by atoms with Crippen molar-refractivity contribution in [1.82, 2.24) is 21.3 Å². The predicted molar refractivity (Wildman–Crippen MR) is 148 cm³/mol. The molecule has 0 fully saturated rings. The first-order chi connectivity index (χ1) is 19.2. The minimum Gasteiger partial charge on any atom is -0.497 e. The highest BCUT2D eigenvalue weighted by Gasteiger charge is 2.28. The highest BCUT2D eigenvalue weighted by atomic mass is 16.5. The molecule has 4 amide bonds. The first kappa shape index (κ1) is 30.3. The van der Waals surface area contributed by atoms with Crippen molar-refractivity contribution in [1.29, 1.82) is 0 Å². The van der Waals surface area contributed by atoms with Crippen molar-refractivity contribution in [3.8, 4) is 17.2 Å². The topological polar surface area (TPSA) is 144 Å². The number of methoxy groups -OCH3 is 1. The van der Waals surface area contributed by atoms with Crippen LogP contribution in [-0.4, -0.2) is 68.6 Å². The summed E-state index contributed by atoms with van der Waals surface area (Å²) in [7, 11) is 1.58. The Morgan fingerprint density at radius 2 is 1.73 bits per heavy atom. The monoisotopic (exact) mass is 554 g/mol. The summed E-state index contributed by atoms with van der Waals surface area (Å²) >= 11 is 0. The molecule has 40 heavy (non-hydrogen) atoms. The second-order valence-corrected chi connectivity index (χ2v) is 9.89. The zero-order valence-corrected chi connectivity index (χ0v) is 23.3. The Kier molecular flexibility index (Phi) is 11.2. The molecule has 3 rings (SSSR count). The van der Waals surface area contributed by atoms with Crippen LogP contribution in [0.2, 0.25) is 0 Å². The largest absolute Gasteiger partial charge is 0.497 e. The van der Waals surface area contributed by atoms with Gasteiger partial charge in [-0.15, -0.1) is 0 Å². The number of ether oxygens (including phenoxy) is 3. The molecular weight excluding hydrogens is 516 g/mol. The molecule has 0 unspecified atom stereocenters. The number of carbonyl (C=O) groups excluding carboxylic acids is 4. The Balaban J connectivity index is 1.72. The number of carbonyl (C=O) groups is 4. The van der Waals surface area contributed by atoms with E-state index >= 15 is 0 Å². The smallest absolute Gasteiger partial charge is 0.255 e. The molecule has 1 heterocycles. The van der Waals surface area contributed by atoms with Crippen LogP contribution in [0.3, 0.4) is 0 Å². The van der Waals surface area contributed by atoms with Crippen molar-refractivity contribution >= 4 is 23.6 Å². The van der Waals surface area contributed by atoms with Crippen molar-refractivity contribution in [3.63, 3.8) is 0 Å². The fraction of sp³-hybridized carbons (Fsp3) is 0.448. The summed E-state index contributed by atoms with van der Waals surface area (Å²) in [5.74, 6) is -0.247. The molecule has 0 bridgehead atoms. The minimum absolute atomic E-state index is 0.0224. The SMILES string of the molecule is COc1ccc(OCCNC(=O)[C@@H]2CCC(=O)N[C@H](C(C)C)C(=O)N[C@@H](C)COc3ccccc3C(=O)N2)cc1. The van der Waals surface area contributed by atoms with E-state index in [1.54, 1.807) is 62.6 Å². The number of hydrogen-bond acceptors (Lipinski definition) is 7. The van der Waals surface area contributed by atoms with Crippen molar-refractivity contribution < 1.29 is 33.4 Å². The van der Waals surface area contributed by atoms with Crippen molar-refractivity contribution in [2.24, 2.45) is 5.92 Å². The molecule has 4 N–H and O–H groups in total. The molecule has 0 aromatic heterocycles. The minimum atomic E-state index is -1.01. The van der Waals surface area contributed by atoms with Gasteiger partial charge >= 0.3 is 0 Å². The molecule has 1 aliphatic rings. The Morgan fingerprint density at radius 3 is 2.42 bits per heavy atom. The van der Waals surface area contributed by atoms with Gasteiger partial charge < -0.3 is 35.5 Å². The van der Waals surface area contributed by atoms with Crippen LogP contribution in [0.4, 0.5) is 0 Å². The Morgan fingerprint density at radius 1 is 1.02 bits per heavy atom. The summed E-state index contributed by atoms with van der Waals surface area (Å²) in [6.07, 6.45) is -0.0560. The lowest BCUT2D eigenvalue weighted by Gasteiger charge is -2.24. The lowest BCUT2D eigenvalue weighted by molar-refractivity contribution is -0.131. The summed E-state index contributed by atoms with van der Waals surface area (Å²) in [6.45, 7) is 5.92. The van der Waals surface area contributed by atoms with E-state index in [9.17, 15) is 19.2 Å². The van der Waals surface area contributed by atoms with Crippen LogP contribution in [0.25, 0.3) is 0 Å². The normalized spacial score (nSPS) is 20.4. The maximum absolute atomic E-state index is 13.2. The molecule has 11 nitrogen and oxygen atoms in total. The Bertz CT molecular complexity index is 1170. The van der Waals surface area contributed by atoms with Crippen LogP contribution < -0.4 is 35.5 Å². The quantitative estimate of drug-likeness (QED) is 0.382. The summed E-state index contributed by atoms with van der Waals surface area (Å²) in [5, 5.41) is 11.1. The summed E-state index contributed by atoms with van der Waals surface area (Å²) < 4.78 is 16.6. The van der Waals surface area contributed by atoms with Gasteiger partial charge in [-0.1, -0.05) is 26.0 Å². The number of hydrogen-bond donors (Lipinski definition) is 4. The molecule has 2 aromatic rings. The van der Waals surface area contributed by atoms with Gasteiger partial charge in [0.1, 0.15) is 42.5 Å². The van der Waals surface area contributed by atoms with Gasteiger partial charge in [0.15, 0.2) is 0 Å². The number of para-hydroxylation sites is 1. The van der Waals surface area contributed by atoms with Crippen LogP contribution in [-0.2, 0) is 14.4 Å². The predicted octanol–water partition coefficient (Wildman–Crippen LogP) is 1.81. The highest BCUT2D eigenvalue weighted by Crippen LogP contribution is 2.19. The van der Waals surface area contributed by atoms with E-state index in [1.807, 2.05) is 13.8 Å². The van der Waals surface area contributed by atoms with Gasteiger partial charge in [-0.3, -0.25) is 19.2 Å². The lowest BCUT2D eigenvalue weighted by Crippen LogP contribution is -2.53. The number of nitrogens with one attached hydrogen (secondary N) is 4. The van der Waals surface area contributed by atoms with Gasteiger partial charge in [0.05, 0.1) is 25.3 Å². The Labute approximate surface area is 234 Å². The van der Waals surface area contributed by atoms with E-state index in [0.29, 0.717) is 17.2 Å². The summed E-state index contributed by atoms with van der Waals surface area (Å²) in [6, 6.07) is 11.5. The third-order valence-corrected chi connectivity index (χ3v) is 6.29. The first-order valence-corrected chi connectivity index (χ1v) is 13.3. The maximum atomic E-state index is 13.2. The summed E-state index contributed by atoms with van der Waals surface area (Å²) in [5.41, 5.74) is 0.237. The van der Waals surface area contributed by atoms with Crippen LogP contribution in [0.15, 0.2) is 48.5 Å². The second kappa shape index (κ2) is 14.8. The molecule has 0 spiro atoms.